The van der Waals surface area contributed by atoms with E-state index in [1.54, 1.807) is 17.0 Å². The molecule has 1 aliphatic heterocycles. The second-order valence-corrected chi connectivity index (χ2v) is 8.25. The van der Waals surface area contributed by atoms with Crippen LogP contribution >= 0.6 is 0 Å². The number of halogens is 3. The van der Waals surface area contributed by atoms with Crippen molar-refractivity contribution in [1.29, 1.82) is 0 Å². The second kappa shape index (κ2) is 9.79. The number of amides is 1. The summed E-state index contributed by atoms with van der Waals surface area (Å²) < 4.78 is 51.4. The maximum atomic E-state index is 13.5. The van der Waals surface area contributed by atoms with Gasteiger partial charge in [0.1, 0.15) is 0 Å². The zero-order chi connectivity index (χ0) is 24.3. The molecule has 3 aromatic rings. The highest BCUT2D eigenvalue weighted by Crippen LogP contribution is 2.42. The normalized spacial score (nSPS) is 15.6. The molecule has 0 fully saturated rings. The molecule has 0 N–H and O–H groups in total. The van der Waals surface area contributed by atoms with Crippen LogP contribution in [0.4, 0.5) is 13.2 Å². The molecule has 178 valence electrons. The van der Waals surface area contributed by atoms with Gasteiger partial charge in [-0.2, -0.15) is 13.2 Å². The van der Waals surface area contributed by atoms with Gasteiger partial charge in [0, 0.05) is 13.0 Å². The Morgan fingerprint density at radius 1 is 0.971 bits per heavy atom. The monoisotopic (exact) mass is 469 g/mol. The van der Waals surface area contributed by atoms with Gasteiger partial charge in [-0.25, -0.2) is 0 Å². The third-order valence-electron chi connectivity index (χ3n) is 6.19. The number of hydrogen-bond donors (Lipinski definition) is 0. The minimum absolute atomic E-state index is 0.105. The first-order chi connectivity index (χ1) is 16.3. The van der Waals surface area contributed by atoms with Gasteiger partial charge in [-0.1, -0.05) is 42.5 Å². The molecule has 7 heteroatoms. The summed E-state index contributed by atoms with van der Waals surface area (Å²) in [5.41, 5.74) is 2.38. The molecule has 4 nitrogen and oxygen atoms in total. The van der Waals surface area contributed by atoms with Crippen LogP contribution in [0.15, 0.2) is 66.7 Å². The van der Waals surface area contributed by atoms with E-state index in [2.05, 4.69) is 0 Å². The van der Waals surface area contributed by atoms with Crippen LogP contribution in [0.5, 0.6) is 11.5 Å². The number of methoxy groups -OCH3 is 2. The Bertz CT molecular complexity index is 1160. The lowest BCUT2D eigenvalue weighted by atomic mass is 9.86. The van der Waals surface area contributed by atoms with Crippen molar-refractivity contribution in [3.63, 3.8) is 0 Å². The smallest absolute Gasteiger partial charge is 0.416 e. The summed E-state index contributed by atoms with van der Waals surface area (Å²) in [4.78, 5) is 15.1. The molecule has 1 aliphatic rings. The number of ether oxygens (including phenoxy) is 2. The van der Waals surface area contributed by atoms with E-state index in [0.717, 1.165) is 28.8 Å². The van der Waals surface area contributed by atoms with Gasteiger partial charge in [0.05, 0.1) is 25.8 Å². The Labute approximate surface area is 196 Å². The van der Waals surface area contributed by atoms with Crippen LogP contribution in [0.2, 0.25) is 0 Å². The summed E-state index contributed by atoms with van der Waals surface area (Å²) in [5, 5.41) is 0. The number of nitrogens with zero attached hydrogens (tertiary/aromatic N) is 1. The average molecular weight is 470 g/mol. The van der Waals surface area contributed by atoms with E-state index in [0.29, 0.717) is 36.4 Å². The molecule has 3 aromatic carbocycles. The van der Waals surface area contributed by atoms with Gasteiger partial charge in [-0.05, 0) is 59.4 Å². The molecule has 1 amide bonds. The van der Waals surface area contributed by atoms with Crippen LogP contribution in [0.3, 0.4) is 0 Å². The van der Waals surface area contributed by atoms with Crippen molar-refractivity contribution in [3.05, 3.63) is 94.5 Å². The summed E-state index contributed by atoms with van der Waals surface area (Å²) in [6, 6.07) is 17.8. The van der Waals surface area contributed by atoms with E-state index in [9.17, 15) is 18.0 Å². The quantitative estimate of drug-likeness (QED) is 0.456. The molecular weight excluding hydrogens is 443 g/mol. The van der Waals surface area contributed by atoms with Crippen molar-refractivity contribution in [2.24, 2.45) is 0 Å². The molecule has 0 saturated heterocycles. The Hall–Kier alpha value is -3.48. The minimum Gasteiger partial charge on any atom is -0.493 e. The minimum atomic E-state index is -4.48. The summed E-state index contributed by atoms with van der Waals surface area (Å²) in [6.45, 7) is 0.400. The Kier molecular flexibility index (Phi) is 6.82. The highest BCUT2D eigenvalue weighted by Gasteiger charge is 2.36. The molecule has 0 aromatic heterocycles. The SMILES string of the molecule is COc1cc2c(cc1OC)[C@H](c1cccc(C(F)(F)F)c1)N(C(=O)CCc1ccccc1)CC2. The summed E-state index contributed by atoms with van der Waals surface area (Å²) in [5.74, 6) is 0.913. The van der Waals surface area contributed by atoms with Crippen molar-refractivity contribution < 1.29 is 27.4 Å². The molecular formula is C27H26F3NO3. The number of carbonyl (C=O) groups excluding carboxylic acids is 1. The van der Waals surface area contributed by atoms with Crippen LogP contribution < -0.4 is 9.47 Å². The van der Waals surface area contributed by atoms with E-state index in [-0.39, 0.29) is 12.3 Å². The maximum absolute atomic E-state index is 13.5. The number of carbonyl (C=O) groups is 1. The van der Waals surface area contributed by atoms with Crippen LogP contribution in [0.1, 0.15) is 40.3 Å². The summed E-state index contributed by atoms with van der Waals surface area (Å²) >= 11 is 0. The molecule has 0 spiro atoms. The highest BCUT2D eigenvalue weighted by atomic mass is 19.4. The zero-order valence-corrected chi connectivity index (χ0v) is 19.1. The Balaban J connectivity index is 1.75. The molecule has 1 heterocycles. The van der Waals surface area contributed by atoms with Crippen molar-refractivity contribution in [3.8, 4) is 11.5 Å². The topological polar surface area (TPSA) is 38.8 Å². The van der Waals surface area contributed by atoms with E-state index < -0.39 is 17.8 Å². The second-order valence-electron chi connectivity index (χ2n) is 8.25. The number of aryl methyl sites for hydroxylation is 1. The first kappa shape index (κ1) is 23.7. The molecule has 0 unspecified atom stereocenters. The van der Waals surface area contributed by atoms with Crippen LogP contribution in [0, 0.1) is 0 Å². The van der Waals surface area contributed by atoms with Crippen molar-refractivity contribution in [1.82, 2.24) is 4.90 Å². The lowest BCUT2D eigenvalue weighted by Gasteiger charge is -2.38. The zero-order valence-electron chi connectivity index (χ0n) is 19.1. The van der Waals surface area contributed by atoms with Crippen molar-refractivity contribution >= 4 is 5.91 Å². The van der Waals surface area contributed by atoms with Gasteiger partial charge in [0.25, 0.3) is 0 Å². The molecule has 0 aliphatic carbocycles. The number of fused-ring (bicyclic) bond motifs is 1. The Morgan fingerprint density at radius 2 is 1.68 bits per heavy atom. The average Bonchev–Trinajstić information content (AvgIpc) is 2.85. The predicted octanol–water partition coefficient (Wildman–Crippen LogP) is 5.83. The predicted molar refractivity (Wildman–Crippen MR) is 123 cm³/mol. The van der Waals surface area contributed by atoms with E-state index in [1.165, 1.54) is 20.3 Å². The van der Waals surface area contributed by atoms with E-state index in [4.69, 9.17) is 9.47 Å². The fourth-order valence-corrected chi connectivity index (χ4v) is 4.50. The first-order valence-corrected chi connectivity index (χ1v) is 11.1. The van der Waals surface area contributed by atoms with Gasteiger partial charge in [-0.15, -0.1) is 0 Å². The summed E-state index contributed by atoms with van der Waals surface area (Å²) in [6.07, 6.45) is -3.08. The molecule has 0 bridgehead atoms. The van der Waals surface area contributed by atoms with E-state index >= 15 is 0 Å². The fourth-order valence-electron chi connectivity index (χ4n) is 4.50. The summed E-state index contributed by atoms with van der Waals surface area (Å²) in [7, 11) is 3.05. The standard InChI is InChI=1S/C27H26F3NO3/c1-33-23-16-19-13-14-31(25(32)12-11-18-7-4-3-5-8-18)26(22(19)17-24(23)34-2)20-9-6-10-21(15-20)27(28,29)30/h3-10,15-17,26H,11-14H2,1-2H3/t26-/m0/s1. The fraction of sp³-hybridized carbons (Fsp3) is 0.296. The van der Waals surface area contributed by atoms with E-state index in [1.807, 2.05) is 36.4 Å². The lowest BCUT2D eigenvalue weighted by molar-refractivity contribution is -0.137. The molecule has 1 atom stereocenters. The lowest BCUT2D eigenvalue weighted by Crippen LogP contribution is -2.40. The number of hydrogen-bond acceptors (Lipinski definition) is 3. The third-order valence-corrected chi connectivity index (χ3v) is 6.19. The maximum Gasteiger partial charge on any atom is 0.416 e. The Morgan fingerprint density at radius 3 is 2.35 bits per heavy atom. The highest BCUT2D eigenvalue weighted by molar-refractivity contribution is 5.78. The molecule has 4 rings (SSSR count). The number of rotatable bonds is 6. The molecule has 0 radical (unpaired) electrons. The first-order valence-electron chi connectivity index (χ1n) is 11.1. The van der Waals surface area contributed by atoms with Crippen LogP contribution in [0.25, 0.3) is 0 Å². The molecule has 0 saturated carbocycles. The van der Waals surface area contributed by atoms with Gasteiger partial charge in [0.2, 0.25) is 5.91 Å². The third kappa shape index (κ3) is 4.88. The van der Waals surface area contributed by atoms with Gasteiger partial charge < -0.3 is 14.4 Å². The van der Waals surface area contributed by atoms with Crippen molar-refractivity contribution in [2.45, 2.75) is 31.5 Å². The van der Waals surface area contributed by atoms with Gasteiger partial charge in [0.15, 0.2) is 11.5 Å². The molecule has 34 heavy (non-hydrogen) atoms. The van der Waals surface area contributed by atoms with Gasteiger partial charge >= 0.3 is 6.18 Å². The van der Waals surface area contributed by atoms with Crippen LogP contribution in [-0.2, 0) is 23.8 Å². The van der Waals surface area contributed by atoms with Gasteiger partial charge in [-0.3, -0.25) is 4.79 Å². The van der Waals surface area contributed by atoms with Crippen molar-refractivity contribution in [2.75, 3.05) is 20.8 Å². The van der Waals surface area contributed by atoms with Crippen LogP contribution in [-0.4, -0.2) is 31.6 Å². The largest absolute Gasteiger partial charge is 0.493 e. The number of benzene rings is 3. The number of alkyl halides is 3.